The lowest BCUT2D eigenvalue weighted by atomic mass is 10.2. The van der Waals surface area contributed by atoms with Crippen molar-refractivity contribution in [2.45, 2.75) is 46.0 Å². The molecule has 0 aliphatic rings. The van der Waals surface area contributed by atoms with Gasteiger partial charge in [-0.3, -0.25) is 0 Å². The average molecular weight is 237 g/mol. The largest absolute Gasteiger partial charge is 0.481 e. The molecule has 1 heterocycles. The second kappa shape index (κ2) is 7.87. The number of aromatic nitrogens is 2. The number of hydrogen-bond acceptors (Lipinski definition) is 4. The number of hydrogen-bond donors (Lipinski definition) is 1. The van der Waals surface area contributed by atoms with Gasteiger partial charge < -0.3 is 10.1 Å². The minimum atomic E-state index is 0.640. The molecule has 0 atom stereocenters. The maximum atomic E-state index is 5.18. The molecule has 1 rings (SSSR count). The topological polar surface area (TPSA) is 47.0 Å². The van der Waals surface area contributed by atoms with Crippen LogP contribution < -0.4 is 10.1 Å². The molecule has 0 amide bonds. The summed E-state index contributed by atoms with van der Waals surface area (Å²) in [6.07, 6.45) is 5.59. The monoisotopic (exact) mass is 237 g/mol. The third-order valence-electron chi connectivity index (χ3n) is 2.52. The van der Waals surface area contributed by atoms with Gasteiger partial charge in [-0.25, -0.2) is 4.98 Å². The van der Waals surface area contributed by atoms with Gasteiger partial charge in [-0.05, 0) is 12.8 Å². The number of anilines is 1. The summed E-state index contributed by atoms with van der Waals surface area (Å²) in [5, 5.41) is 3.32. The van der Waals surface area contributed by atoms with Crippen molar-refractivity contribution in [1.82, 2.24) is 9.97 Å². The van der Waals surface area contributed by atoms with E-state index in [9.17, 15) is 0 Å². The van der Waals surface area contributed by atoms with E-state index in [-0.39, 0.29) is 0 Å². The van der Waals surface area contributed by atoms with Crippen molar-refractivity contribution < 1.29 is 4.74 Å². The Morgan fingerprint density at radius 3 is 2.65 bits per heavy atom. The number of rotatable bonds is 8. The molecule has 0 aromatic carbocycles. The Morgan fingerprint density at radius 2 is 2.00 bits per heavy atom. The second-order valence-corrected chi connectivity index (χ2v) is 4.10. The molecule has 0 saturated heterocycles. The van der Waals surface area contributed by atoms with Gasteiger partial charge in [-0.1, -0.05) is 26.7 Å². The normalized spacial score (nSPS) is 10.3. The number of methoxy groups -OCH3 is 1. The first kappa shape index (κ1) is 13.7. The zero-order valence-corrected chi connectivity index (χ0v) is 11.1. The third-order valence-corrected chi connectivity index (χ3v) is 2.52. The van der Waals surface area contributed by atoms with Gasteiger partial charge in [0.25, 0.3) is 0 Å². The Balaban J connectivity index is 2.59. The fourth-order valence-electron chi connectivity index (χ4n) is 1.59. The van der Waals surface area contributed by atoms with Gasteiger partial charge in [-0.2, -0.15) is 4.98 Å². The lowest BCUT2D eigenvalue weighted by molar-refractivity contribution is 0.395. The van der Waals surface area contributed by atoms with Gasteiger partial charge in [0.05, 0.1) is 7.11 Å². The number of nitrogens with zero attached hydrogens (tertiary/aromatic N) is 2. The highest BCUT2D eigenvalue weighted by atomic mass is 16.5. The van der Waals surface area contributed by atoms with Crippen LogP contribution in [0.5, 0.6) is 5.88 Å². The Hall–Kier alpha value is -1.32. The van der Waals surface area contributed by atoms with Gasteiger partial charge in [0.1, 0.15) is 11.6 Å². The quantitative estimate of drug-likeness (QED) is 0.706. The van der Waals surface area contributed by atoms with E-state index in [2.05, 4.69) is 29.1 Å². The predicted molar refractivity (Wildman–Crippen MR) is 70.6 cm³/mol. The molecule has 4 nitrogen and oxygen atoms in total. The van der Waals surface area contributed by atoms with Crippen LogP contribution in [-0.4, -0.2) is 23.6 Å². The molecule has 1 aromatic heterocycles. The van der Waals surface area contributed by atoms with Crippen molar-refractivity contribution >= 4 is 5.82 Å². The molecule has 1 aromatic rings. The molecule has 17 heavy (non-hydrogen) atoms. The summed E-state index contributed by atoms with van der Waals surface area (Å²) in [4.78, 5) is 8.78. The zero-order chi connectivity index (χ0) is 12.5. The molecular formula is C13H23N3O. The van der Waals surface area contributed by atoms with Crippen molar-refractivity contribution in [3.05, 3.63) is 11.9 Å². The van der Waals surface area contributed by atoms with Gasteiger partial charge in [0, 0.05) is 19.0 Å². The van der Waals surface area contributed by atoms with Crippen LogP contribution in [0.2, 0.25) is 0 Å². The first-order valence-corrected chi connectivity index (χ1v) is 6.46. The Bertz CT molecular complexity index is 328. The Kier molecular flexibility index (Phi) is 6.37. The fraction of sp³-hybridized carbons (Fsp3) is 0.692. The average Bonchev–Trinajstić information content (AvgIpc) is 2.35. The minimum Gasteiger partial charge on any atom is -0.481 e. The van der Waals surface area contributed by atoms with Crippen molar-refractivity contribution in [2.75, 3.05) is 19.0 Å². The molecule has 0 saturated carbocycles. The highest BCUT2D eigenvalue weighted by Gasteiger charge is 2.03. The molecule has 0 aliphatic carbocycles. The standard InChI is InChI=1S/C13H23N3O/c1-4-6-7-9-14-12-10-13(17-3)16-11(15-12)8-5-2/h10H,4-9H2,1-3H3,(H,14,15,16). The molecule has 96 valence electrons. The smallest absolute Gasteiger partial charge is 0.218 e. The highest BCUT2D eigenvalue weighted by molar-refractivity contribution is 5.38. The predicted octanol–water partition coefficient (Wildman–Crippen LogP) is 3.04. The third kappa shape index (κ3) is 5.02. The summed E-state index contributed by atoms with van der Waals surface area (Å²) >= 11 is 0. The first-order valence-electron chi connectivity index (χ1n) is 6.46. The van der Waals surface area contributed by atoms with E-state index in [0.717, 1.165) is 31.0 Å². The van der Waals surface area contributed by atoms with Crippen LogP contribution in [-0.2, 0) is 6.42 Å². The molecular weight excluding hydrogens is 214 g/mol. The van der Waals surface area contributed by atoms with E-state index in [1.807, 2.05) is 6.07 Å². The number of nitrogens with one attached hydrogen (secondary N) is 1. The first-order chi connectivity index (χ1) is 8.30. The lowest BCUT2D eigenvalue weighted by Gasteiger charge is -2.08. The van der Waals surface area contributed by atoms with Crippen LogP contribution in [0.15, 0.2) is 6.07 Å². The maximum Gasteiger partial charge on any atom is 0.218 e. The van der Waals surface area contributed by atoms with E-state index >= 15 is 0 Å². The van der Waals surface area contributed by atoms with Crippen molar-refractivity contribution in [1.29, 1.82) is 0 Å². The Morgan fingerprint density at radius 1 is 1.18 bits per heavy atom. The summed E-state index contributed by atoms with van der Waals surface area (Å²) in [5.41, 5.74) is 0. The van der Waals surface area contributed by atoms with E-state index in [1.54, 1.807) is 7.11 Å². The molecule has 0 spiro atoms. The molecule has 0 unspecified atom stereocenters. The van der Waals surface area contributed by atoms with Gasteiger partial charge in [0.2, 0.25) is 5.88 Å². The number of aryl methyl sites for hydroxylation is 1. The highest BCUT2D eigenvalue weighted by Crippen LogP contribution is 2.14. The van der Waals surface area contributed by atoms with E-state index in [4.69, 9.17) is 4.74 Å². The molecule has 0 radical (unpaired) electrons. The van der Waals surface area contributed by atoms with Gasteiger partial charge in [0.15, 0.2) is 0 Å². The van der Waals surface area contributed by atoms with E-state index in [1.165, 1.54) is 19.3 Å². The summed E-state index contributed by atoms with van der Waals surface area (Å²) in [5.74, 6) is 2.36. The summed E-state index contributed by atoms with van der Waals surface area (Å²) < 4.78 is 5.18. The van der Waals surface area contributed by atoms with Crippen molar-refractivity contribution in [2.24, 2.45) is 0 Å². The summed E-state index contributed by atoms with van der Waals surface area (Å²) in [6.45, 7) is 5.28. The number of unbranched alkanes of at least 4 members (excludes halogenated alkanes) is 2. The molecule has 1 N–H and O–H groups in total. The van der Waals surface area contributed by atoms with Gasteiger partial charge >= 0.3 is 0 Å². The van der Waals surface area contributed by atoms with E-state index < -0.39 is 0 Å². The van der Waals surface area contributed by atoms with Crippen molar-refractivity contribution in [3.63, 3.8) is 0 Å². The van der Waals surface area contributed by atoms with Crippen molar-refractivity contribution in [3.8, 4) is 5.88 Å². The molecule has 0 fully saturated rings. The minimum absolute atomic E-state index is 0.640. The Labute approximate surface area is 104 Å². The van der Waals surface area contributed by atoms with Crippen LogP contribution in [0.25, 0.3) is 0 Å². The summed E-state index contributed by atoms with van der Waals surface area (Å²) in [7, 11) is 1.64. The molecule has 4 heteroatoms. The summed E-state index contributed by atoms with van der Waals surface area (Å²) in [6, 6.07) is 1.85. The van der Waals surface area contributed by atoms with Crippen LogP contribution in [0.1, 0.15) is 45.4 Å². The molecule has 0 aliphatic heterocycles. The van der Waals surface area contributed by atoms with Crippen LogP contribution in [0.4, 0.5) is 5.82 Å². The fourth-order valence-corrected chi connectivity index (χ4v) is 1.59. The zero-order valence-electron chi connectivity index (χ0n) is 11.1. The second-order valence-electron chi connectivity index (χ2n) is 4.10. The SMILES string of the molecule is CCCCCNc1cc(OC)nc(CCC)n1. The number of ether oxygens (including phenoxy) is 1. The lowest BCUT2D eigenvalue weighted by Crippen LogP contribution is -2.06. The van der Waals surface area contributed by atoms with Crippen LogP contribution in [0, 0.1) is 0 Å². The van der Waals surface area contributed by atoms with Crippen LogP contribution >= 0.6 is 0 Å². The molecule has 0 bridgehead atoms. The van der Waals surface area contributed by atoms with E-state index in [0.29, 0.717) is 5.88 Å². The van der Waals surface area contributed by atoms with Crippen LogP contribution in [0.3, 0.4) is 0 Å². The maximum absolute atomic E-state index is 5.18. The van der Waals surface area contributed by atoms with Gasteiger partial charge in [-0.15, -0.1) is 0 Å².